The summed E-state index contributed by atoms with van der Waals surface area (Å²) in [4.78, 5) is 30.1. The zero-order valence-corrected chi connectivity index (χ0v) is 27.9. The summed E-state index contributed by atoms with van der Waals surface area (Å²) < 4.78 is 7.55. The van der Waals surface area contributed by atoms with Gasteiger partial charge in [-0.25, -0.2) is 9.97 Å². The number of hydrogen-bond acceptors (Lipinski definition) is 7. The number of aromatic nitrogens is 3. The van der Waals surface area contributed by atoms with Crippen LogP contribution < -0.4 is 4.90 Å². The van der Waals surface area contributed by atoms with E-state index in [2.05, 4.69) is 67.3 Å². The van der Waals surface area contributed by atoms with Gasteiger partial charge in [0.05, 0.1) is 18.5 Å². The van der Waals surface area contributed by atoms with Crippen molar-refractivity contribution in [3.8, 4) is 22.4 Å². The molecule has 0 radical (unpaired) electrons. The monoisotopic (exact) mass is 708 g/mol. The van der Waals surface area contributed by atoms with Crippen molar-refractivity contribution in [2.24, 2.45) is 5.92 Å². The quantitative estimate of drug-likeness (QED) is 0.225. The van der Waals surface area contributed by atoms with Crippen LogP contribution in [0.25, 0.3) is 33.5 Å². The number of likely N-dealkylation sites (N-methyl/N-ethyl adjacent to an activating group) is 1. The minimum absolute atomic E-state index is 0.0384. The maximum atomic E-state index is 13.1. The molecular weight excluding hydrogens is 671 g/mol. The number of anilines is 1. The third-order valence-corrected chi connectivity index (χ3v) is 11.0. The van der Waals surface area contributed by atoms with Gasteiger partial charge in [0.25, 0.3) is 5.91 Å². The SMILES string of the molecule is Cc1cc(-c2cnc3c(n2)c(-c2ccc(C(=O)N(C)CC4CCOC4)cc2)cn3SI)cc2c1N1CCN(C)CC1CC2. The van der Waals surface area contributed by atoms with Crippen molar-refractivity contribution in [2.75, 3.05) is 58.4 Å². The Morgan fingerprint density at radius 1 is 1.16 bits per heavy atom. The molecular formula is C33H37IN6O2S. The van der Waals surface area contributed by atoms with Gasteiger partial charge >= 0.3 is 0 Å². The smallest absolute Gasteiger partial charge is 0.253 e. The molecule has 2 unspecified atom stereocenters. The lowest BCUT2D eigenvalue weighted by molar-refractivity contribution is 0.0766. The number of benzene rings is 2. The highest BCUT2D eigenvalue weighted by molar-refractivity contribution is 14.2. The summed E-state index contributed by atoms with van der Waals surface area (Å²) in [6, 6.07) is 13.1. The number of amides is 1. The van der Waals surface area contributed by atoms with Crippen molar-refractivity contribution < 1.29 is 9.53 Å². The Balaban J connectivity index is 1.19. The van der Waals surface area contributed by atoms with Crippen molar-refractivity contribution in [2.45, 2.75) is 32.2 Å². The minimum atomic E-state index is 0.0384. The molecule has 5 heterocycles. The van der Waals surface area contributed by atoms with Gasteiger partial charge in [-0.3, -0.25) is 8.77 Å². The summed E-state index contributed by atoms with van der Waals surface area (Å²) in [5.74, 6) is 0.456. The second kappa shape index (κ2) is 12.0. The van der Waals surface area contributed by atoms with Crippen LogP contribution in [0.1, 0.15) is 34.3 Å². The number of carbonyl (C=O) groups is 1. The van der Waals surface area contributed by atoms with Crippen LogP contribution in [-0.4, -0.2) is 89.2 Å². The van der Waals surface area contributed by atoms with Gasteiger partial charge in [-0.05, 0) is 74.2 Å². The number of fused-ring (bicyclic) bond motifs is 4. The highest BCUT2D eigenvalue weighted by Crippen LogP contribution is 2.39. The predicted molar refractivity (Wildman–Crippen MR) is 183 cm³/mol. The van der Waals surface area contributed by atoms with Gasteiger partial charge in [0, 0.05) is 111 Å². The average molecular weight is 709 g/mol. The Morgan fingerprint density at radius 3 is 2.77 bits per heavy atom. The van der Waals surface area contributed by atoms with Crippen LogP contribution in [0.2, 0.25) is 0 Å². The van der Waals surface area contributed by atoms with E-state index in [1.807, 2.05) is 42.4 Å². The number of rotatable bonds is 6. The molecule has 0 aliphatic carbocycles. The van der Waals surface area contributed by atoms with Crippen molar-refractivity contribution in [3.05, 3.63) is 65.5 Å². The van der Waals surface area contributed by atoms with Crippen LogP contribution in [0.5, 0.6) is 0 Å². The molecule has 2 atom stereocenters. The van der Waals surface area contributed by atoms with Crippen LogP contribution in [-0.2, 0) is 11.2 Å². The molecule has 7 rings (SSSR count). The fourth-order valence-electron chi connectivity index (χ4n) is 7.05. The molecule has 8 nitrogen and oxygen atoms in total. The molecule has 2 fully saturated rings. The first-order valence-electron chi connectivity index (χ1n) is 15.1. The number of ether oxygens (including phenoxy) is 1. The molecule has 3 aliphatic heterocycles. The van der Waals surface area contributed by atoms with Crippen LogP contribution in [0.3, 0.4) is 0 Å². The molecule has 0 bridgehead atoms. The van der Waals surface area contributed by atoms with E-state index in [4.69, 9.17) is 14.7 Å². The first-order chi connectivity index (χ1) is 20.9. The summed E-state index contributed by atoms with van der Waals surface area (Å²) in [6.45, 7) is 7.82. The Hall–Kier alpha value is -2.67. The van der Waals surface area contributed by atoms with Gasteiger partial charge in [-0.2, -0.15) is 0 Å². The standard InChI is InChI=1S/C33H37IN6O2S/c1-21-14-26(15-25-8-9-27-18-37(2)11-12-39(27)31(21)25)29-16-35-32-30(36-29)28(19-40(32)43-34)23-4-6-24(7-5-23)33(41)38(3)17-22-10-13-42-20-22/h4-7,14-16,19,22,27H,8-13,17-18,20H2,1-3H3. The third kappa shape index (κ3) is 5.55. The van der Waals surface area contributed by atoms with E-state index in [1.165, 1.54) is 23.2 Å². The molecule has 43 heavy (non-hydrogen) atoms. The fraction of sp³-hybridized carbons (Fsp3) is 0.424. The van der Waals surface area contributed by atoms with Crippen LogP contribution in [0.15, 0.2) is 48.8 Å². The van der Waals surface area contributed by atoms with Gasteiger partial charge in [0.1, 0.15) is 5.52 Å². The van der Waals surface area contributed by atoms with E-state index in [0.29, 0.717) is 17.5 Å². The van der Waals surface area contributed by atoms with Gasteiger partial charge in [0.15, 0.2) is 5.65 Å². The van der Waals surface area contributed by atoms with Crippen molar-refractivity contribution in [1.82, 2.24) is 23.7 Å². The second-order valence-corrected chi connectivity index (χ2v) is 14.0. The maximum Gasteiger partial charge on any atom is 0.253 e. The molecule has 0 spiro atoms. The van der Waals surface area contributed by atoms with Gasteiger partial charge < -0.3 is 19.4 Å². The van der Waals surface area contributed by atoms with Crippen molar-refractivity contribution in [3.63, 3.8) is 0 Å². The Kier molecular flexibility index (Phi) is 8.13. The van der Waals surface area contributed by atoms with Crippen molar-refractivity contribution in [1.29, 1.82) is 0 Å². The van der Waals surface area contributed by atoms with E-state index >= 15 is 0 Å². The molecule has 224 valence electrons. The number of piperazine rings is 1. The zero-order chi connectivity index (χ0) is 29.7. The molecule has 0 saturated carbocycles. The lowest BCUT2D eigenvalue weighted by Crippen LogP contribution is -2.54. The lowest BCUT2D eigenvalue weighted by atomic mass is 9.89. The number of carbonyl (C=O) groups excluding carboxylic acids is 1. The summed E-state index contributed by atoms with van der Waals surface area (Å²) in [7, 11) is 5.69. The number of nitrogens with zero attached hydrogens (tertiary/aromatic N) is 6. The van der Waals surface area contributed by atoms with E-state index in [-0.39, 0.29) is 5.91 Å². The molecule has 10 heteroatoms. The minimum Gasteiger partial charge on any atom is -0.381 e. The Labute approximate surface area is 269 Å². The third-order valence-electron chi connectivity index (χ3n) is 9.28. The summed E-state index contributed by atoms with van der Waals surface area (Å²) in [5.41, 5.74) is 10.6. The summed E-state index contributed by atoms with van der Waals surface area (Å²) in [6.07, 6.45) is 7.30. The molecule has 4 aromatic rings. The Bertz CT molecular complexity index is 1670. The highest BCUT2D eigenvalue weighted by atomic mass is 127. The van der Waals surface area contributed by atoms with E-state index in [9.17, 15) is 4.79 Å². The lowest BCUT2D eigenvalue weighted by Gasteiger charge is -2.46. The average Bonchev–Trinajstić information content (AvgIpc) is 3.67. The molecule has 1 amide bonds. The summed E-state index contributed by atoms with van der Waals surface area (Å²) in [5, 5.41) is 0. The summed E-state index contributed by atoms with van der Waals surface area (Å²) >= 11 is 2.28. The van der Waals surface area contributed by atoms with Crippen molar-refractivity contribution >= 4 is 53.1 Å². The van der Waals surface area contributed by atoms with E-state index in [0.717, 1.165) is 85.8 Å². The van der Waals surface area contributed by atoms with E-state index in [1.54, 1.807) is 9.12 Å². The zero-order valence-electron chi connectivity index (χ0n) is 24.9. The molecule has 2 saturated heterocycles. The molecule has 0 N–H and O–H groups in total. The largest absolute Gasteiger partial charge is 0.381 e. The normalized spacial score (nSPS) is 20.3. The predicted octanol–water partition coefficient (Wildman–Crippen LogP) is 6.10. The number of hydrogen-bond donors (Lipinski definition) is 0. The molecule has 2 aromatic carbocycles. The first-order valence-corrected chi connectivity index (χ1v) is 18.4. The van der Waals surface area contributed by atoms with Crippen LogP contribution >= 0.6 is 30.3 Å². The molecule has 3 aliphatic rings. The topological polar surface area (TPSA) is 66.7 Å². The number of halogens is 1. The van der Waals surface area contributed by atoms with E-state index < -0.39 is 0 Å². The van der Waals surface area contributed by atoms with Crippen LogP contribution in [0, 0.1) is 12.8 Å². The van der Waals surface area contributed by atoms with Gasteiger partial charge in [-0.15, -0.1) is 0 Å². The first kappa shape index (κ1) is 29.1. The maximum absolute atomic E-state index is 13.1. The van der Waals surface area contributed by atoms with Gasteiger partial charge in [-0.1, -0.05) is 12.1 Å². The Morgan fingerprint density at radius 2 is 2.00 bits per heavy atom. The number of aryl methyl sites for hydroxylation is 2. The highest BCUT2D eigenvalue weighted by Gasteiger charge is 2.32. The van der Waals surface area contributed by atoms with Crippen LogP contribution in [0.4, 0.5) is 5.69 Å². The molecule has 2 aromatic heterocycles. The second-order valence-electron chi connectivity index (χ2n) is 12.3. The fourth-order valence-corrected chi connectivity index (χ4v) is 8.30. The van der Waals surface area contributed by atoms with Gasteiger partial charge in [0.2, 0.25) is 0 Å².